The number of allylic oxidation sites excluding steroid dienone is 5. The van der Waals surface area contributed by atoms with E-state index < -0.39 is 124 Å². The van der Waals surface area contributed by atoms with Crippen LogP contribution in [0.4, 0.5) is 0 Å². The van der Waals surface area contributed by atoms with Gasteiger partial charge in [-0.25, -0.2) is 0 Å². The maximum Gasteiger partial charge on any atom is 0.220 e. The molecule has 0 aromatic carbocycles. The highest BCUT2D eigenvalue weighted by atomic mass is 16.8. The van der Waals surface area contributed by atoms with E-state index in [1.54, 1.807) is 6.08 Å². The number of carbonyl (C=O) groups is 1. The smallest absolute Gasteiger partial charge is 0.220 e. The van der Waals surface area contributed by atoms with Gasteiger partial charge in [-0.1, -0.05) is 166 Å². The monoisotopic (exact) mass is 1100 g/mol. The molecule has 0 aromatic heterocycles. The first kappa shape index (κ1) is 69.3. The van der Waals surface area contributed by atoms with Crippen molar-refractivity contribution in [3.63, 3.8) is 0 Å². The number of aliphatic hydroxyl groups is 11. The van der Waals surface area contributed by atoms with E-state index in [0.29, 0.717) is 12.8 Å². The summed E-state index contributed by atoms with van der Waals surface area (Å²) in [5.41, 5.74) is 0. The van der Waals surface area contributed by atoms with Crippen molar-refractivity contribution in [2.75, 3.05) is 26.4 Å². The SMILES string of the molecule is CCCCCCCC/C=C\CCCCCCCC(=O)NC(COC1OC(CO)C(OC2OC(CO)C(OC3OC(CO)C(O)C(O)C3O)C(O)C2O)C(O)C1O)C(O)/C=C/CC/C=C/CCCCCCCCCCCCC. The van der Waals surface area contributed by atoms with E-state index in [1.165, 1.54) is 103 Å². The summed E-state index contributed by atoms with van der Waals surface area (Å²) >= 11 is 0. The Morgan fingerprint density at radius 2 is 0.831 bits per heavy atom. The number of nitrogens with one attached hydrogen (secondary N) is 1. The third kappa shape index (κ3) is 26.2. The zero-order valence-electron chi connectivity index (χ0n) is 46.7. The molecule has 19 heteroatoms. The van der Waals surface area contributed by atoms with E-state index in [4.69, 9.17) is 28.4 Å². The minimum atomic E-state index is -1.98. The summed E-state index contributed by atoms with van der Waals surface area (Å²) < 4.78 is 34.2. The highest BCUT2D eigenvalue weighted by molar-refractivity contribution is 5.76. The van der Waals surface area contributed by atoms with Crippen LogP contribution in [0.15, 0.2) is 36.5 Å². The summed E-state index contributed by atoms with van der Waals surface area (Å²) in [5, 5.41) is 120. The molecule has 0 bridgehead atoms. The van der Waals surface area contributed by atoms with Crippen molar-refractivity contribution in [1.82, 2.24) is 5.32 Å². The van der Waals surface area contributed by atoms with Crippen LogP contribution in [0, 0.1) is 0 Å². The van der Waals surface area contributed by atoms with Crippen molar-refractivity contribution in [2.24, 2.45) is 0 Å². The van der Waals surface area contributed by atoms with E-state index in [-0.39, 0.29) is 18.9 Å². The fourth-order valence-electron chi connectivity index (χ4n) is 9.96. The lowest BCUT2D eigenvalue weighted by Gasteiger charge is -2.48. The summed E-state index contributed by atoms with van der Waals surface area (Å²) in [6.07, 6.45) is 17.0. The molecule has 3 rings (SSSR count). The highest BCUT2D eigenvalue weighted by Gasteiger charge is 2.53. The van der Waals surface area contributed by atoms with Crippen LogP contribution in [-0.4, -0.2) is 193 Å². The first-order valence-electron chi connectivity index (χ1n) is 29.7. The van der Waals surface area contributed by atoms with Crippen LogP contribution < -0.4 is 5.32 Å². The first-order valence-corrected chi connectivity index (χ1v) is 29.7. The van der Waals surface area contributed by atoms with E-state index >= 15 is 0 Å². The lowest BCUT2D eigenvalue weighted by atomic mass is 9.96. The summed E-state index contributed by atoms with van der Waals surface area (Å²) in [6, 6.07) is -0.992. The summed E-state index contributed by atoms with van der Waals surface area (Å²) in [4.78, 5) is 13.3. The van der Waals surface area contributed by atoms with Gasteiger partial charge in [-0.05, 0) is 57.8 Å². The topological polar surface area (TPSA) is 307 Å². The number of ether oxygens (including phenoxy) is 6. The second kappa shape index (κ2) is 41.9. The van der Waals surface area contributed by atoms with Gasteiger partial charge in [-0.3, -0.25) is 4.79 Å². The summed E-state index contributed by atoms with van der Waals surface area (Å²) in [6.45, 7) is 1.68. The van der Waals surface area contributed by atoms with E-state index in [0.717, 1.165) is 57.8 Å². The average Bonchev–Trinajstić information content (AvgIpc) is 3.43. The number of unbranched alkanes of at least 4 members (excludes halogenated alkanes) is 23. The summed E-state index contributed by atoms with van der Waals surface area (Å²) in [7, 11) is 0. The molecule has 77 heavy (non-hydrogen) atoms. The first-order chi connectivity index (χ1) is 37.3. The number of hydrogen-bond acceptors (Lipinski definition) is 18. The predicted octanol–water partition coefficient (Wildman–Crippen LogP) is 4.93. The molecule has 3 saturated heterocycles. The fourth-order valence-corrected chi connectivity index (χ4v) is 9.96. The third-order valence-electron chi connectivity index (χ3n) is 14.9. The predicted molar refractivity (Wildman–Crippen MR) is 291 cm³/mol. The molecule has 12 N–H and O–H groups in total. The Labute approximate surface area is 460 Å². The molecule has 0 aliphatic carbocycles. The largest absolute Gasteiger partial charge is 0.394 e. The lowest BCUT2D eigenvalue weighted by Crippen LogP contribution is -2.66. The molecule has 19 nitrogen and oxygen atoms in total. The van der Waals surface area contributed by atoms with Gasteiger partial charge in [-0.2, -0.15) is 0 Å². The van der Waals surface area contributed by atoms with Crippen LogP contribution in [0.3, 0.4) is 0 Å². The Balaban J connectivity index is 1.53. The number of rotatable bonds is 43. The van der Waals surface area contributed by atoms with Crippen LogP contribution in [0.2, 0.25) is 0 Å². The standard InChI is InChI=1S/C58H105NO18/c1-3-5-7-9-11-13-15-17-19-20-22-23-25-27-29-31-33-35-42(63)41(59-46(64)36-34-32-30-28-26-24-21-18-16-14-12-10-8-6-4-2)40-72-56-52(70)49(67)54(44(38-61)74-56)77-58-53(71)50(68)55(45(39-62)75-58)76-57-51(69)48(66)47(65)43(37-60)73-57/h18,21,25,27,33,35,41-45,47-58,60-63,65-71H,3-17,19-20,22-24,26,28-32,34,36-40H2,1-2H3,(H,59,64)/b21-18-,27-25+,35-33+. The number of amides is 1. The molecule has 450 valence electrons. The zero-order valence-corrected chi connectivity index (χ0v) is 46.7. The molecule has 17 unspecified atom stereocenters. The van der Waals surface area contributed by atoms with Gasteiger partial charge in [0.1, 0.15) is 73.2 Å². The Morgan fingerprint density at radius 1 is 0.455 bits per heavy atom. The molecule has 3 heterocycles. The second-order valence-corrected chi connectivity index (χ2v) is 21.4. The molecule has 0 radical (unpaired) electrons. The highest BCUT2D eigenvalue weighted by Crippen LogP contribution is 2.33. The molecule has 17 atom stereocenters. The molecule has 3 aliphatic rings. The number of carbonyl (C=O) groups excluding carboxylic acids is 1. The van der Waals surface area contributed by atoms with Gasteiger partial charge in [-0.15, -0.1) is 0 Å². The van der Waals surface area contributed by atoms with Gasteiger partial charge in [0.05, 0.1) is 38.6 Å². The van der Waals surface area contributed by atoms with Gasteiger partial charge in [0.25, 0.3) is 0 Å². The van der Waals surface area contributed by atoms with Crippen LogP contribution in [0.5, 0.6) is 0 Å². The Bertz CT molecular complexity index is 1550. The van der Waals surface area contributed by atoms with Gasteiger partial charge in [0.15, 0.2) is 18.9 Å². The Hall–Kier alpha value is -1.99. The van der Waals surface area contributed by atoms with Crippen molar-refractivity contribution in [3.05, 3.63) is 36.5 Å². The van der Waals surface area contributed by atoms with E-state index in [1.807, 2.05) is 6.08 Å². The lowest BCUT2D eigenvalue weighted by molar-refractivity contribution is -0.379. The van der Waals surface area contributed by atoms with Crippen LogP contribution >= 0.6 is 0 Å². The zero-order chi connectivity index (χ0) is 56.2. The number of hydrogen-bond donors (Lipinski definition) is 12. The normalized spacial score (nSPS) is 30.9. The van der Waals surface area contributed by atoms with Crippen LogP contribution in [0.25, 0.3) is 0 Å². The Kier molecular flexibility index (Phi) is 37.7. The average molecular weight is 1100 g/mol. The minimum Gasteiger partial charge on any atom is -0.394 e. The summed E-state index contributed by atoms with van der Waals surface area (Å²) in [5.74, 6) is -0.295. The van der Waals surface area contributed by atoms with E-state index in [9.17, 15) is 61.0 Å². The molecule has 1 amide bonds. The minimum absolute atomic E-state index is 0.226. The van der Waals surface area contributed by atoms with Crippen molar-refractivity contribution < 1.29 is 89.4 Å². The van der Waals surface area contributed by atoms with Crippen molar-refractivity contribution in [2.45, 2.75) is 298 Å². The molecule has 0 spiro atoms. The maximum atomic E-state index is 13.3. The van der Waals surface area contributed by atoms with Crippen molar-refractivity contribution in [3.8, 4) is 0 Å². The van der Waals surface area contributed by atoms with Gasteiger partial charge >= 0.3 is 0 Å². The van der Waals surface area contributed by atoms with Crippen LogP contribution in [-0.2, 0) is 33.2 Å². The van der Waals surface area contributed by atoms with Gasteiger partial charge < -0.3 is 89.9 Å². The van der Waals surface area contributed by atoms with Crippen molar-refractivity contribution in [1.29, 1.82) is 0 Å². The maximum absolute atomic E-state index is 13.3. The molecular formula is C58H105NO18. The van der Waals surface area contributed by atoms with Crippen molar-refractivity contribution >= 4 is 5.91 Å². The third-order valence-corrected chi connectivity index (χ3v) is 14.9. The molecule has 3 aliphatic heterocycles. The quantitative estimate of drug-likeness (QED) is 0.0285. The Morgan fingerprint density at radius 3 is 1.30 bits per heavy atom. The molecular weight excluding hydrogens is 999 g/mol. The van der Waals surface area contributed by atoms with E-state index in [2.05, 4.69) is 43.5 Å². The molecule has 3 fully saturated rings. The molecule has 0 aromatic rings. The molecule has 0 saturated carbocycles. The van der Waals surface area contributed by atoms with Gasteiger partial charge in [0, 0.05) is 6.42 Å². The van der Waals surface area contributed by atoms with Crippen LogP contribution in [0.1, 0.15) is 194 Å². The number of aliphatic hydroxyl groups excluding tert-OH is 11. The second-order valence-electron chi connectivity index (χ2n) is 21.4. The van der Waals surface area contributed by atoms with Gasteiger partial charge in [0.2, 0.25) is 5.91 Å². The fraction of sp³-hybridized carbons (Fsp3) is 0.879.